The standard InChI is InChI=1S/C26H24BNO3/c1-17-7-5-6-10-21(17)28-24(19-12-14-20(27)15-13-19)23(25(30)26(28)31)22(29)16-11-18-8-3-2-4-9-18/h2-12,14-16,19,24,30H,13,27H2,1H3/b16-11+. The van der Waals surface area contributed by atoms with Crippen LogP contribution in [0.15, 0.2) is 95.7 Å². The van der Waals surface area contributed by atoms with E-state index in [0.717, 1.165) is 16.6 Å². The van der Waals surface area contributed by atoms with Crippen molar-refractivity contribution in [2.24, 2.45) is 5.92 Å². The first-order chi connectivity index (χ1) is 15.0. The molecule has 2 aromatic rings. The normalized spacial score (nSPS) is 21.1. The number of benzene rings is 2. The Kier molecular flexibility index (Phi) is 5.76. The maximum Gasteiger partial charge on any atom is 0.294 e. The molecule has 2 aromatic carbocycles. The predicted molar refractivity (Wildman–Crippen MR) is 126 cm³/mol. The second-order valence-corrected chi connectivity index (χ2v) is 7.98. The summed E-state index contributed by atoms with van der Waals surface area (Å²) in [6.07, 6.45) is 9.98. The van der Waals surface area contributed by atoms with Crippen molar-refractivity contribution < 1.29 is 14.7 Å². The third-order valence-electron chi connectivity index (χ3n) is 5.84. The Morgan fingerprint density at radius 1 is 1.13 bits per heavy atom. The summed E-state index contributed by atoms with van der Waals surface area (Å²) in [5.41, 5.74) is 3.80. The Labute approximate surface area is 183 Å². The average molecular weight is 409 g/mol. The Morgan fingerprint density at radius 3 is 2.52 bits per heavy atom. The maximum atomic E-state index is 13.2. The Morgan fingerprint density at radius 2 is 1.84 bits per heavy atom. The van der Waals surface area contributed by atoms with Gasteiger partial charge in [0.05, 0.1) is 11.6 Å². The minimum atomic E-state index is -0.567. The highest BCUT2D eigenvalue weighted by atomic mass is 16.3. The molecule has 0 spiro atoms. The molecular weight excluding hydrogens is 385 g/mol. The van der Waals surface area contributed by atoms with E-state index in [2.05, 4.69) is 6.08 Å². The van der Waals surface area contributed by atoms with E-state index in [1.54, 1.807) is 11.0 Å². The molecule has 1 N–H and O–H groups in total. The Balaban J connectivity index is 1.75. The molecule has 31 heavy (non-hydrogen) atoms. The van der Waals surface area contributed by atoms with Gasteiger partial charge in [-0.1, -0.05) is 78.3 Å². The van der Waals surface area contributed by atoms with Gasteiger partial charge in [-0.2, -0.15) is 0 Å². The van der Waals surface area contributed by atoms with Crippen LogP contribution in [0.5, 0.6) is 0 Å². The lowest BCUT2D eigenvalue weighted by molar-refractivity contribution is -0.117. The van der Waals surface area contributed by atoms with Crippen LogP contribution in [0, 0.1) is 12.8 Å². The molecule has 0 fully saturated rings. The smallest absolute Gasteiger partial charge is 0.294 e. The topological polar surface area (TPSA) is 57.6 Å². The third kappa shape index (κ3) is 4.04. The fourth-order valence-corrected chi connectivity index (χ4v) is 4.19. The molecule has 0 aromatic heterocycles. The molecule has 1 amide bonds. The highest BCUT2D eigenvalue weighted by molar-refractivity contribution is 6.23. The summed E-state index contributed by atoms with van der Waals surface area (Å²) in [6.45, 7) is 1.92. The summed E-state index contributed by atoms with van der Waals surface area (Å²) in [6, 6.07) is 16.5. The summed E-state index contributed by atoms with van der Waals surface area (Å²) in [5.74, 6) is -1.46. The van der Waals surface area contributed by atoms with Gasteiger partial charge < -0.3 is 5.11 Å². The maximum absolute atomic E-state index is 13.2. The predicted octanol–water partition coefficient (Wildman–Crippen LogP) is 3.90. The first kappa shape index (κ1) is 20.7. The number of aliphatic hydroxyl groups excluding tert-OH is 1. The zero-order valence-electron chi connectivity index (χ0n) is 17.7. The molecule has 154 valence electrons. The van der Waals surface area contributed by atoms with Crippen LogP contribution < -0.4 is 4.90 Å². The number of ketones is 1. The van der Waals surface area contributed by atoms with Crippen molar-refractivity contribution in [3.63, 3.8) is 0 Å². The van der Waals surface area contributed by atoms with Gasteiger partial charge in [-0.25, -0.2) is 0 Å². The average Bonchev–Trinajstić information content (AvgIpc) is 3.04. The molecule has 0 bridgehead atoms. The van der Waals surface area contributed by atoms with Crippen molar-refractivity contribution in [3.05, 3.63) is 107 Å². The van der Waals surface area contributed by atoms with Gasteiger partial charge in [-0.15, -0.1) is 0 Å². The molecule has 4 rings (SSSR count). The van der Waals surface area contributed by atoms with Crippen LogP contribution in [0.3, 0.4) is 0 Å². The van der Waals surface area contributed by atoms with Gasteiger partial charge in [0.25, 0.3) is 5.91 Å². The zero-order chi connectivity index (χ0) is 22.0. The van der Waals surface area contributed by atoms with Crippen molar-refractivity contribution in [3.8, 4) is 0 Å². The van der Waals surface area contributed by atoms with Gasteiger partial charge in [0.2, 0.25) is 0 Å². The summed E-state index contributed by atoms with van der Waals surface area (Å²) in [7, 11) is 2.02. The number of para-hydroxylation sites is 1. The van der Waals surface area contributed by atoms with Gasteiger partial charge in [0.15, 0.2) is 11.5 Å². The molecule has 4 nitrogen and oxygen atoms in total. The van der Waals surface area contributed by atoms with E-state index in [9.17, 15) is 14.7 Å². The molecule has 1 heterocycles. The van der Waals surface area contributed by atoms with Crippen LogP contribution in [0.25, 0.3) is 6.08 Å². The summed E-state index contributed by atoms with van der Waals surface area (Å²) >= 11 is 0. The Hall–Kier alpha value is -3.60. The zero-order valence-corrected chi connectivity index (χ0v) is 17.7. The molecule has 0 radical (unpaired) electrons. The number of nitrogens with zero attached hydrogens (tertiary/aromatic N) is 1. The minimum Gasteiger partial charge on any atom is -0.503 e. The largest absolute Gasteiger partial charge is 0.503 e. The number of anilines is 1. The van der Waals surface area contributed by atoms with Crippen LogP contribution in [-0.2, 0) is 9.59 Å². The van der Waals surface area contributed by atoms with Gasteiger partial charge in [0, 0.05) is 11.6 Å². The van der Waals surface area contributed by atoms with E-state index >= 15 is 0 Å². The summed E-state index contributed by atoms with van der Waals surface area (Å²) < 4.78 is 0. The first-order valence-electron chi connectivity index (χ1n) is 10.4. The van der Waals surface area contributed by atoms with Crippen LogP contribution in [0.4, 0.5) is 5.69 Å². The van der Waals surface area contributed by atoms with Crippen LogP contribution >= 0.6 is 0 Å². The molecule has 2 unspecified atom stereocenters. The van der Waals surface area contributed by atoms with Crippen LogP contribution in [0.1, 0.15) is 17.5 Å². The summed E-state index contributed by atoms with van der Waals surface area (Å²) in [5, 5.41) is 10.8. The molecule has 5 heteroatoms. The van der Waals surface area contributed by atoms with Crippen LogP contribution in [0.2, 0.25) is 0 Å². The Bertz CT molecular complexity index is 1140. The number of aryl methyl sites for hydroxylation is 1. The second-order valence-electron chi connectivity index (χ2n) is 7.98. The number of allylic oxidation sites excluding steroid dienone is 4. The van der Waals surface area contributed by atoms with E-state index in [4.69, 9.17) is 0 Å². The van der Waals surface area contributed by atoms with Crippen molar-refractivity contribution in [1.82, 2.24) is 0 Å². The summed E-state index contributed by atoms with van der Waals surface area (Å²) in [4.78, 5) is 28.0. The number of hydrogen-bond donors (Lipinski definition) is 1. The highest BCUT2D eigenvalue weighted by Crippen LogP contribution is 2.39. The molecule has 2 aliphatic rings. The van der Waals surface area contributed by atoms with Gasteiger partial charge in [0.1, 0.15) is 7.85 Å². The van der Waals surface area contributed by atoms with E-state index < -0.39 is 17.7 Å². The van der Waals surface area contributed by atoms with Gasteiger partial charge in [-0.05, 0) is 36.6 Å². The number of hydrogen-bond acceptors (Lipinski definition) is 3. The lowest BCUT2D eigenvalue weighted by atomic mass is 9.80. The van der Waals surface area contributed by atoms with E-state index in [1.807, 2.05) is 81.5 Å². The molecule has 1 aliphatic heterocycles. The molecule has 2 atom stereocenters. The highest BCUT2D eigenvalue weighted by Gasteiger charge is 2.46. The fraction of sp³-hybridized carbons (Fsp3) is 0.154. The van der Waals surface area contributed by atoms with Gasteiger partial charge >= 0.3 is 0 Å². The number of amides is 1. The van der Waals surface area contributed by atoms with E-state index in [0.29, 0.717) is 12.1 Å². The lowest BCUT2D eigenvalue weighted by Crippen LogP contribution is -2.42. The molecule has 1 aliphatic carbocycles. The van der Waals surface area contributed by atoms with Crippen molar-refractivity contribution >= 4 is 31.3 Å². The number of carbonyl (C=O) groups is 2. The quantitative estimate of drug-likeness (QED) is 0.602. The lowest BCUT2D eigenvalue weighted by Gasteiger charge is -2.33. The number of aliphatic hydroxyl groups is 1. The van der Waals surface area contributed by atoms with Crippen molar-refractivity contribution in [2.45, 2.75) is 19.4 Å². The molecular formula is C26H24BNO3. The second kappa shape index (κ2) is 8.64. The van der Waals surface area contributed by atoms with Gasteiger partial charge in [-0.3, -0.25) is 14.5 Å². The fourth-order valence-electron chi connectivity index (χ4n) is 4.19. The first-order valence-corrected chi connectivity index (χ1v) is 10.4. The number of rotatable bonds is 5. The van der Waals surface area contributed by atoms with Crippen molar-refractivity contribution in [1.29, 1.82) is 0 Å². The van der Waals surface area contributed by atoms with Crippen molar-refractivity contribution in [2.75, 3.05) is 4.90 Å². The van der Waals surface area contributed by atoms with E-state index in [-0.39, 0.29) is 17.3 Å². The van der Waals surface area contributed by atoms with E-state index in [1.165, 1.54) is 6.08 Å². The SMILES string of the molecule is BC1=CCC(C2C(C(=O)/C=C/c3ccccc3)=C(O)C(=O)N2c2ccccc2C)C=C1. The third-order valence-corrected chi connectivity index (χ3v) is 5.84. The number of carbonyl (C=O) groups excluding carboxylic acids is 2. The van der Waals surface area contributed by atoms with Crippen LogP contribution in [-0.4, -0.2) is 30.7 Å². The molecule has 0 saturated heterocycles. The molecule has 0 saturated carbocycles. The minimum absolute atomic E-state index is 0.110. The monoisotopic (exact) mass is 409 g/mol.